The number of carbonyl (C=O) groups excluding carboxylic acids is 2. The molecule has 1 saturated carbocycles. The zero-order valence-electron chi connectivity index (χ0n) is 26.9. The number of halogens is 1. The van der Waals surface area contributed by atoms with Crippen molar-refractivity contribution in [2.24, 2.45) is 5.92 Å². The molecule has 18 heteroatoms. The number of carboxylic acids is 1. The number of ether oxygens (including phenoxy) is 3. The fourth-order valence-corrected chi connectivity index (χ4v) is 6.77. The van der Waals surface area contributed by atoms with Crippen molar-refractivity contribution in [1.29, 1.82) is 0 Å². The van der Waals surface area contributed by atoms with E-state index in [0.29, 0.717) is 23.7 Å². The lowest BCUT2D eigenvalue weighted by Crippen LogP contribution is -2.61. The summed E-state index contributed by atoms with van der Waals surface area (Å²) in [5.41, 5.74) is 1.52. The van der Waals surface area contributed by atoms with Gasteiger partial charge in [0.15, 0.2) is 23.2 Å². The molecular formula is C32H42FNO15S. The summed E-state index contributed by atoms with van der Waals surface area (Å²) in [5, 5.41) is 85.1. The van der Waals surface area contributed by atoms with Crippen LogP contribution in [0.15, 0.2) is 30.3 Å². The maximum absolute atomic E-state index is 14.4. The molecule has 0 bridgehead atoms. The zero-order valence-corrected chi connectivity index (χ0v) is 27.7. The molecule has 1 saturated heterocycles. The number of aliphatic hydroxyl groups is 8. The molecule has 2 fully saturated rings. The Morgan fingerprint density at radius 3 is 2.32 bits per heavy atom. The number of aliphatic hydroxyl groups excluding tert-OH is 8. The molecule has 0 amide bonds. The number of hydrogen-bond acceptors (Lipinski definition) is 16. The van der Waals surface area contributed by atoms with Crippen LogP contribution in [-0.4, -0.2) is 143 Å². The van der Waals surface area contributed by atoms with Crippen molar-refractivity contribution >= 4 is 29.1 Å². The van der Waals surface area contributed by atoms with Crippen molar-refractivity contribution in [3.63, 3.8) is 0 Å². The van der Waals surface area contributed by atoms with E-state index in [4.69, 9.17) is 29.5 Å². The van der Waals surface area contributed by atoms with E-state index in [0.717, 1.165) is 24.8 Å². The SMILES string of the molecule is CC(=O)Oc1cc2c(s1)CCN(C(C(=O)C1CC1)c1ccccc1F)C2.O=C(O)[C@H](O)[C@@H](O)[C@H](O[C@@H]1O[C@H](CO)[C@H](O)[C@H](O)[C@H]1O)[C@H](O)CO. The van der Waals surface area contributed by atoms with E-state index in [9.17, 15) is 49.4 Å². The minimum atomic E-state index is -2.39. The summed E-state index contributed by atoms with van der Waals surface area (Å²) in [6.07, 6.45) is -14.4. The number of carbonyl (C=O) groups is 3. The van der Waals surface area contributed by atoms with Gasteiger partial charge in [-0.25, -0.2) is 9.18 Å². The van der Waals surface area contributed by atoms with Crippen molar-refractivity contribution in [2.45, 2.75) is 93.9 Å². The van der Waals surface area contributed by atoms with Crippen LogP contribution in [0.5, 0.6) is 5.06 Å². The number of thiophene rings is 1. The molecule has 1 aromatic carbocycles. The molecule has 10 atom stereocenters. The molecule has 0 spiro atoms. The summed E-state index contributed by atoms with van der Waals surface area (Å²) in [6, 6.07) is 7.89. The first-order valence-electron chi connectivity index (χ1n) is 15.8. The molecule has 3 aliphatic rings. The van der Waals surface area contributed by atoms with E-state index in [-0.39, 0.29) is 23.5 Å². The monoisotopic (exact) mass is 731 g/mol. The number of Topliss-reactive ketones (excluding diaryl/α,β-unsaturated/α-hetero) is 1. The Balaban J connectivity index is 0.000000226. The summed E-state index contributed by atoms with van der Waals surface area (Å²) in [7, 11) is 0. The van der Waals surface area contributed by atoms with Crippen LogP contribution in [0.25, 0.3) is 0 Å². The molecule has 9 N–H and O–H groups in total. The molecule has 50 heavy (non-hydrogen) atoms. The molecule has 1 aliphatic carbocycles. The molecule has 3 heterocycles. The van der Waals surface area contributed by atoms with Crippen molar-refractivity contribution in [1.82, 2.24) is 4.90 Å². The standard InChI is InChI=1S/C20H20FNO3S.C12H22O12/c1-12(23)25-18-10-14-11-22(9-8-17(14)26-18)19(20(24)13-6-7-13)15-4-2-3-5-16(15)21;13-1-3(15)10(7(18)8(19)11(21)22)24-12-9(20)6(17)5(16)4(2-14)23-12/h2-5,10,13,19H,6-9,11H2,1H3;3-10,12-20H,1-2H2,(H,21,22)/t;3-,4-,5+,6+,7-,8-,9-,10-,12+/m.1/s1. The quantitative estimate of drug-likeness (QED) is 0.103. The minimum Gasteiger partial charge on any atom is -0.479 e. The van der Waals surface area contributed by atoms with Gasteiger partial charge >= 0.3 is 11.9 Å². The van der Waals surface area contributed by atoms with E-state index < -0.39 is 80.3 Å². The third-order valence-corrected chi connectivity index (χ3v) is 9.67. The maximum Gasteiger partial charge on any atom is 0.335 e. The number of aliphatic carboxylic acids is 1. The van der Waals surface area contributed by atoms with Crippen LogP contribution in [0, 0.1) is 11.7 Å². The lowest BCUT2D eigenvalue weighted by atomic mass is 9.95. The molecular weight excluding hydrogens is 689 g/mol. The first kappa shape index (κ1) is 39.8. The van der Waals surface area contributed by atoms with Gasteiger partial charge in [-0.1, -0.05) is 18.2 Å². The van der Waals surface area contributed by atoms with Crippen molar-refractivity contribution in [3.05, 3.63) is 52.2 Å². The lowest BCUT2D eigenvalue weighted by Gasteiger charge is -2.42. The predicted molar refractivity (Wildman–Crippen MR) is 168 cm³/mol. The average molecular weight is 732 g/mol. The number of fused-ring (bicyclic) bond motifs is 1. The number of esters is 1. The van der Waals surface area contributed by atoms with Gasteiger partial charge in [-0.05, 0) is 37.0 Å². The normalized spacial score (nSPS) is 26.7. The number of benzene rings is 1. The van der Waals surface area contributed by atoms with Crippen LogP contribution in [-0.2, 0) is 36.8 Å². The highest BCUT2D eigenvalue weighted by Gasteiger charge is 2.47. The number of nitrogens with zero attached hydrogens (tertiary/aromatic N) is 1. The number of rotatable bonds is 13. The Hall–Kier alpha value is -2.98. The average Bonchev–Trinajstić information content (AvgIpc) is 3.87. The molecule has 1 aromatic heterocycles. The van der Waals surface area contributed by atoms with Gasteiger partial charge in [0.1, 0.15) is 48.5 Å². The van der Waals surface area contributed by atoms with E-state index in [1.807, 2.05) is 6.07 Å². The number of hydrogen-bond donors (Lipinski definition) is 9. The smallest absolute Gasteiger partial charge is 0.335 e. The summed E-state index contributed by atoms with van der Waals surface area (Å²) >= 11 is 1.47. The van der Waals surface area contributed by atoms with Gasteiger partial charge < -0.3 is 60.2 Å². The van der Waals surface area contributed by atoms with Crippen LogP contribution in [0.2, 0.25) is 0 Å². The zero-order chi connectivity index (χ0) is 36.9. The van der Waals surface area contributed by atoms with E-state index in [1.165, 1.54) is 29.2 Å². The molecule has 5 rings (SSSR count). The Bertz CT molecular complexity index is 1470. The van der Waals surface area contributed by atoms with E-state index in [1.54, 1.807) is 18.2 Å². The van der Waals surface area contributed by atoms with Crippen LogP contribution in [0.3, 0.4) is 0 Å². The molecule has 0 radical (unpaired) electrons. The third kappa shape index (κ3) is 9.46. The molecule has 2 aromatic rings. The third-order valence-electron chi connectivity index (χ3n) is 8.55. The van der Waals surface area contributed by atoms with Crippen molar-refractivity contribution in [3.8, 4) is 5.06 Å². The number of ketones is 1. The number of carboxylic acid groups (broad SMARTS) is 1. The molecule has 2 aliphatic heterocycles. The second-order valence-electron chi connectivity index (χ2n) is 12.3. The highest BCUT2D eigenvalue weighted by atomic mass is 32.1. The van der Waals surface area contributed by atoms with Crippen LogP contribution >= 0.6 is 11.3 Å². The largest absolute Gasteiger partial charge is 0.479 e. The Kier molecular flexibility index (Phi) is 13.9. The molecule has 278 valence electrons. The van der Waals surface area contributed by atoms with Gasteiger partial charge in [0.05, 0.1) is 19.3 Å². The fourth-order valence-electron chi connectivity index (χ4n) is 5.72. The fraction of sp³-hybridized carbons (Fsp3) is 0.594. The highest BCUT2D eigenvalue weighted by molar-refractivity contribution is 7.14. The summed E-state index contributed by atoms with van der Waals surface area (Å²) in [6.45, 7) is 0.867. The highest BCUT2D eigenvalue weighted by Crippen LogP contribution is 2.41. The van der Waals surface area contributed by atoms with Gasteiger partial charge in [-0.3, -0.25) is 14.5 Å². The van der Waals surface area contributed by atoms with Crippen LogP contribution in [0.4, 0.5) is 4.39 Å². The van der Waals surface area contributed by atoms with Crippen LogP contribution in [0.1, 0.15) is 41.8 Å². The van der Waals surface area contributed by atoms with Crippen LogP contribution < -0.4 is 4.74 Å². The first-order chi connectivity index (χ1) is 23.7. The lowest BCUT2D eigenvalue weighted by molar-refractivity contribution is -0.326. The van der Waals surface area contributed by atoms with Gasteiger partial charge in [-0.2, -0.15) is 0 Å². The second kappa shape index (κ2) is 17.5. The Morgan fingerprint density at radius 2 is 1.74 bits per heavy atom. The minimum absolute atomic E-state index is 0.0556. The Labute approximate surface area is 289 Å². The van der Waals surface area contributed by atoms with Crippen molar-refractivity contribution < 1.29 is 78.9 Å². The summed E-state index contributed by atoms with van der Waals surface area (Å²) < 4.78 is 29.6. The topological polar surface area (TPSA) is 264 Å². The van der Waals surface area contributed by atoms with Gasteiger partial charge in [0, 0.05) is 36.4 Å². The second-order valence-corrected chi connectivity index (χ2v) is 13.3. The molecule has 16 nitrogen and oxygen atoms in total. The summed E-state index contributed by atoms with van der Waals surface area (Å²) in [5.74, 6) is -2.33. The van der Waals surface area contributed by atoms with Gasteiger partial charge in [0.2, 0.25) is 0 Å². The molecule has 1 unspecified atom stereocenters. The van der Waals surface area contributed by atoms with Gasteiger partial charge in [-0.15, -0.1) is 11.3 Å². The van der Waals surface area contributed by atoms with E-state index >= 15 is 0 Å². The first-order valence-corrected chi connectivity index (χ1v) is 16.7. The Morgan fingerprint density at radius 1 is 1.06 bits per heavy atom. The maximum atomic E-state index is 14.4. The van der Waals surface area contributed by atoms with E-state index in [2.05, 4.69) is 4.90 Å². The summed E-state index contributed by atoms with van der Waals surface area (Å²) in [4.78, 5) is 38.1. The van der Waals surface area contributed by atoms with Crippen molar-refractivity contribution in [2.75, 3.05) is 19.8 Å². The predicted octanol–water partition coefficient (Wildman–Crippen LogP) is -1.78. The van der Waals surface area contributed by atoms with Gasteiger partial charge in [0.25, 0.3) is 0 Å².